The van der Waals surface area contributed by atoms with Crippen molar-refractivity contribution in [1.29, 1.82) is 0 Å². The molecule has 2 fully saturated rings. The van der Waals surface area contributed by atoms with Gasteiger partial charge in [-0.25, -0.2) is 4.98 Å². The molecule has 0 radical (unpaired) electrons. The molecular weight excluding hydrogens is 400 g/mol. The summed E-state index contributed by atoms with van der Waals surface area (Å²) in [6.07, 6.45) is 0.972. The second kappa shape index (κ2) is 9.51. The van der Waals surface area contributed by atoms with Gasteiger partial charge in [-0.3, -0.25) is 10.1 Å². The Morgan fingerprint density at radius 3 is 2.87 bits per heavy atom. The van der Waals surface area contributed by atoms with Crippen molar-refractivity contribution in [3.05, 3.63) is 41.3 Å². The van der Waals surface area contributed by atoms with Gasteiger partial charge in [-0.05, 0) is 38.9 Å². The van der Waals surface area contributed by atoms with Gasteiger partial charge in [0.1, 0.15) is 11.3 Å². The van der Waals surface area contributed by atoms with E-state index in [-0.39, 0.29) is 23.4 Å². The monoisotopic (exact) mass is 430 g/mol. The number of hydrogen-bond acceptors (Lipinski definition) is 7. The van der Waals surface area contributed by atoms with Crippen LogP contribution in [0.4, 0.5) is 0 Å². The number of amides is 1. The predicted molar refractivity (Wildman–Crippen MR) is 118 cm³/mol. The van der Waals surface area contributed by atoms with Crippen LogP contribution < -0.4 is 10.6 Å². The van der Waals surface area contributed by atoms with Crippen molar-refractivity contribution in [1.82, 2.24) is 20.5 Å². The van der Waals surface area contributed by atoms with Crippen LogP contribution in [0.2, 0.25) is 0 Å². The van der Waals surface area contributed by atoms with Gasteiger partial charge in [-0.1, -0.05) is 17.7 Å². The summed E-state index contributed by atoms with van der Waals surface area (Å²) in [5.41, 5.74) is 3.00. The first-order chi connectivity index (χ1) is 14.5. The van der Waals surface area contributed by atoms with Crippen molar-refractivity contribution in [2.75, 3.05) is 33.4 Å². The molecule has 3 heterocycles. The number of fused-ring (bicyclic) bond motifs is 1. The third kappa shape index (κ3) is 4.88. The van der Waals surface area contributed by atoms with E-state index in [0.717, 1.165) is 43.1 Å². The molecule has 1 amide bonds. The van der Waals surface area contributed by atoms with Crippen molar-refractivity contribution in [3.63, 3.8) is 0 Å². The Balaban J connectivity index is 1.33. The molecule has 2 aliphatic heterocycles. The predicted octanol–water partition coefficient (Wildman–Crippen LogP) is 2.53. The quantitative estimate of drug-likeness (QED) is 0.699. The number of thioether (sulfide) groups is 1. The molecule has 4 rings (SSSR count). The maximum absolute atomic E-state index is 12.7. The first kappa shape index (κ1) is 21.4. The van der Waals surface area contributed by atoms with E-state index in [1.807, 2.05) is 19.1 Å². The Morgan fingerprint density at radius 1 is 1.30 bits per heavy atom. The molecule has 8 heteroatoms. The maximum atomic E-state index is 12.7. The Labute approximate surface area is 181 Å². The number of aromatic nitrogens is 1. The second-order valence-corrected chi connectivity index (χ2v) is 9.14. The summed E-state index contributed by atoms with van der Waals surface area (Å²) >= 11 is 1.65. The largest absolute Gasteiger partial charge is 0.441 e. The Bertz CT molecular complexity index is 870. The van der Waals surface area contributed by atoms with Gasteiger partial charge in [0.05, 0.1) is 18.2 Å². The van der Waals surface area contributed by atoms with Crippen molar-refractivity contribution >= 4 is 17.7 Å². The average molecular weight is 431 g/mol. The molecule has 2 aliphatic rings. The fourth-order valence-electron chi connectivity index (χ4n) is 4.01. The fraction of sp³-hybridized carbons (Fsp3) is 0.545. The van der Waals surface area contributed by atoms with Crippen LogP contribution in [0, 0.1) is 19.8 Å². The summed E-state index contributed by atoms with van der Waals surface area (Å²) in [6, 6.07) is 8.39. The topological polar surface area (TPSA) is 79.6 Å². The van der Waals surface area contributed by atoms with Gasteiger partial charge in [0, 0.05) is 37.6 Å². The summed E-state index contributed by atoms with van der Waals surface area (Å²) < 4.78 is 11.1. The van der Waals surface area contributed by atoms with E-state index in [1.165, 1.54) is 5.56 Å². The fourth-order valence-corrected chi connectivity index (χ4v) is 5.08. The van der Waals surface area contributed by atoms with Gasteiger partial charge in [0.25, 0.3) is 0 Å². The number of methoxy groups -OCH3 is 1. The zero-order valence-corrected chi connectivity index (χ0v) is 18.6. The van der Waals surface area contributed by atoms with E-state index in [0.29, 0.717) is 18.3 Å². The molecule has 0 bridgehead atoms. The summed E-state index contributed by atoms with van der Waals surface area (Å²) in [4.78, 5) is 19.7. The average Bonchev–Trinajstić information content (AvgIpc) is 3.12. The highest BCUT2D eigenvalue weighted by Gasteiger charge is 2.39. The number of oxazole rings is 1. The van der Waals surface area contributed by atoms with Crippen molar-refractivity contribution in [2.24, 2.45) is 5.92 Å². The highest BCUT2D eigenvalue weighted by molar-refractivity contribution is 7.99. The molecule has 162 valence electrons. The van der Waals surface area contributed by atoms with E-state index < -0.39 is 0 Å². The standard InChI is InChI=1S/C22H30N4O3S/c1-14-4-6-16(7-5-14)21-23-19(15(2)29-21)13-30-22-24-18-8-9-26(10-11-28-3)12-17(18)20(27)25-22/h4-7,17-18,22,24H,8-13H2,1-3H3,(H,25,27). The van der Waals surface area contributed by atoms with Crippen LogP contribution >= 0.6 is 11.8 Å². The summed E-state index contributed by atoms with van der Waals surface area (Å²) in [5, 5.41) is 6.73. The molecule has 1 aromatic carbocycles. The van der Waals surface area contributed by atoms with Crippen molar-refractivity contribution in [3.8, 4) is 11.5 Å². The normalized spacial score (nSPS) is 24.5. The minimum Gasteiger partial charge on any atom is -0.441 e. The molecule has 2 N–H and O–H groups in total. The van der Waals surface area contributed by atoms with Crippen LogP contribution in [0.1, 0.15) is 23.4 Å². The number of rotatable bonds is 7. The molecule has 0 saturated carbocycles. The van der Waals surface area contributed by atoms with E-state index in [4.69, 9.17) is 9.15 Å². The van der Waals surface area contributed by atoms with Gasteiger partial charge >= 0.3 is 0 Å². The SMILES string of the molecule is COCCN1CCC2NC(SCc3nc(-c4ccc(C)cc4)oc3C)NC(=O)C2C1. The van der Waals surface area contributed by atoms with Crippen molar-refractivity contribution in [2.45, 2.75) is 37.6 Å². The molecular formula is C22H30N4O3S. The minimum atomic E-state index is -0.108. The molecule has 3 unspecified atom stereocenters. The van der Waals surface area contributed by atoms with Gasteiger partial charge in [-0.2, -0.15) is 0 Å². The van der Waals surface area contributed by atoms with E-state index >= 15 is 0 Å². The lowest BCUT2D eigenvalue weighted by molar-refractivity contribution is -0.130. The van der Waals surface area contributed by atoms with E-state index in [9.17, 15) is 4.79 Å². The minimum absolute atomic E-state index is 0.00520. The summed E-state index contributed by atoms with van der Waals surface area (Å²) in [7, 11) is 1.71. The number of carbonyl (C=O) groups is 1. The van der Waals surface area contributed by atoms with Crippen LogP contribution in [0.5, 0.6) is 0 Å². The summed E-state index contributed by atoms with van der Waals surface area (Å²) in [5.74, 6) is 2.28. The number of piperidine rings is 1. The number of carbonyl (C=O) groups excluding carboxylic acids is 1. The number of nitrogens with zero attached hydrogens (tertiary/aromatic N) is 2. The van der Waals surface area contributed by atoms with E-state index in [2.05, 4.69) is 39.6 Å². The van der Waals surface area contributed by atoms with Crippen LogP contribution in [0.3, 0.4) is 0 Å². The smallest absolute Gasteiger partial charge is 0.227 e. The second-order valence-electron chi connectivity index (χ2n) is 8.05. The van der Waals surface area contributed by atoms with Crippen LogP contribution in [-0.4, -0.2) is 60.7 Å². The Hall–Kier alpha value is -1.87. The molecule has 7 nitrogen and oxygen atoms in total. The number of ether oxygens (including phenoxy) is 1. The number of aryl methyl sites for hydroxylation is 2. The Morgan fingerprint density at radius 2 is 2.10 bits per heavy atom. The highest BCUT2D eigenvalue weighted by Crippen LogP contribution is 2.28. The van der Waals surface area contributed by atoms with Crippen LogP contribution in [-0.2, 0) is 15.3 Å². The molecule has 3 atom stereocenters. The van der Waals surface area contributed by atoms with Crippen LogP contribution in [0.15, 0.2) is 28.7 Å². The number of likely N-dealkylation sites (tertiary alicyclic amines) is 1. The van der Waals surface area contributed by atoms with E-state index in [1.54, 1.807) is 18.9 Å². The molecule has 2 aromatic rings. The maximum Gasteiger partial charge on any atom is 0.227 e. The van der Waals surface area contributed by atoms with Crippen LogP contribution in [0.25, 0.3) is 11.5 Å². The Kier molecular flexibility index (Phi) is 6.77. The molecule has 1 aromatic heterocycles. The lowest BCUT2D eigenvalue weighted by Gasteiger charge is -2.43. The van der Waals surface area contributed by atoms with Gasteiger partial charge < -0.3 is 19.4 Å². The van der Waals surface area contributed by atoms with Crippen molar-refractivity contribution < 1.29 is 13.9 Å². The summed E-state index contributed by atoms with van der Waals surface area (Å²) in [6.45, 7) is 7.36. The number of benzene rings is 1. The van der Waals surface area contributed by atoms with Gasteiger partial charge in [0.15, 0.2) is 0 Å². The lowest BCUT2D eigenvalue weighted by atomic mass is 9.90. The lowest BCUT2D eigenvalue weighted by Crippen LogP contribution is -2.65. The third-order valence-corrected chi connectivity index (χ3v) is 6.89. The molecule has 0 aliphatic carbocycles. The van der Waals surface area contributed by atoms with Gasteiger partial charge in [0.2, 0.25) is 11.8 Å². The zero-order valence-electron chi connectivity index (χ0n) is 17.8. The first-order valence-corrected chi connectivity index (χ1v) is 11.5. The molecule has 2 saturated heterocycles. The number of hydrogen-bond donors (Lipinski definition) is 2. The molecule has 30 heavy (non-hydrogen) atoms. The zero-order chi connectivity index (χ0) is 21.1. The third-order valence-electron chi connectivity index (χ3n) is 5.86. The van der Waals surface area contributed by atoms with Gasteiger partial charge in [-0.15, -0.1) is 11.8 Å². The highest BCUT2D eigenvalue weighted by atomic mass is 32.2. The molecule has 0 spiro atoms. The first-order valence-electron chi connectivity index (χ1n) is 10.5. The number of nitrogens with one attached hydrogen (secondary N) is 2.